The monoisotopic (exact) mass is 540 g/mol. The summed E-state index contributed by atoms with van der Waals surface area (Å²) in [6.45, 7) is 0. The van der Waals surface area contributed by atoms with E-state index in [1.807, 2.05) is 0 Å². The van der Waals surface area contributed by atoms with Gasteiger partial charge in [-0.25, -0.2) is 4.79 Å². The molecule has 0 aromatic heterocycles. The normalized spacial score (nSPS) is 10.2. The third-order valence-electron chi connectivity index (χ3n) is 5.39. The highest BCUT2D eigenvalue weighted by molar-refractivity contribution is 6.06. The Morgan fingerprint density at radius 2 is 0.850 bits per heavy atom. The van der Waals surface area contributed by atoms with Crippen molar-refractivity contribution in [2.45, 2.75) is 0 Å². The number of nitro groups is 2. The molecule has 0 bridgehead atoms. The molecule has 0 heterocycles. The van der Waals surface area contributed by atoms with E-state index in [1.54, 1.807) is 36.4 Å². The van der Waals surface area contributed by atoms with E-state index in [9.17, 15) is 34.6 Å². The maximum Gasteiger partial charge on any atom is 0.323 e. The first-order valence-corrected chi connectivity index (χ1v) is 11.6. The molecular formula is C27H20N6O7. The van der Waals surface area contributed by atoms with E-state index in [1.165, 1.54) is 48.5 Å². The van der Waals surface area contributed by atoms with E-state index in [0.717, 1.165) is 12.1 Å². The van der Waals surface area contributed by atoms with Crippen LogP contribution in [0.4, 0.5) is 38.9 Å². The van der Waals surface area contributed by atoms with Crippen molar-refractivity contribution < 1.29 is 24.2 Å². The average molecular weight is 540 g/mol. The molecule has 4 aromatic rings. The van der Waals surface area contributed by atoms with Gasteiger partial charge in [0.2, 0.25) is 0 Å². The highest BCUT2D eigenvalue weighted by Gasteiger charge is 2.14. The fraction of sp³-hybridized carbons (Fsp3) is 0. The minimum atomic E-state index is -0.607. The van der Waals surface area contributed by atoms with Gasteiger partial charge in [-0.1, -0.05) is 24.3 Å². The average Bonchev–Trinajstić information content (AvgIpc) is 2.93. The first kappa shape index (κ1) is 26.9. The van der Waals surface area contributed by atoms with Gasteiger partial charge < -0.3 is 21.3 Å². The van der Waals surface area contributed by atoms with Gasteiger partial charge in [0, 0.05) is 58.1 Å². The molecule has 200 valence electrons. The zero-order valence-electron chi connectivity index (χ0n) is 20.5. The summed E-state index contributed by atoms with van der Waals surface area (Å²) in [5.41, 5.74) is 1.17. The SMILES string of the molecule is O=C(Nc1cccc(NC(=O)c2cccc([N+](=O)[O-])c2)c1)Nc1cccc(NC(=O)c2cccc([N+](=O)[O-])c2)c1. The van der Waals surface area contributed by atoms with E-state index >= 15 is 0 Å². The van der Waals surface area contributed by atoms with Crippen LogP contribution in [0.15, 0.2) is 97.1 Å². The van der Waals surface area contributed by atoms with Crippen LogP contribution in [0.3, 0.4) is 0 Å². The molecular weight excluding hydrogens is 520 g/mol. The number of non-ortho nitro benzene ring substituents is 2. The molecule has 0 aliphatic carbocycles. The second-order valence-electron chi connectivity index (χ2n) is 8.26. The molecule has 4 aromatic carbocycles. The molecule has 4 N–H and O–H groups in total. The molecule has 0 aliphatic rings. The molecule has 13 heteroatoms. The van der Waals surface area contributed by atoms with Gasteiger partial charge in [0.1, 0.15) is 0 Å². The third-order valence-corrected chi connectivity index (χ3v) is 5.39. The molecule has 0 saturated heterocycles. The predicted octanol–water partition coefficient (Wildman–Crippen LogP) is 5.65. The van der Waals surface area contributed by atoms with Gasteiger partial charge in [0.25, 0.3) is 23.2 Å². The summed E-state index contributed by atoms with van der Waals surface area (Å²) >= 11 is 0. The molecule has 0 atom stereocenters. The summed E-state index contributed by atoms with van der Waals surface area (Å²) in [6.07, 6.45) is 0. The number of nitrogens with one attached hydrogen (secondary N) is 4. The fourth-order valence-electron chi connectivity index (χ4n) is 3.57. The lowest BCUT2D eigenvalue weighted by molar-refractivity contribution is -0.385. The topological polar surface area (TPSA) is 186 Å². The standard InChI is InChI=1S/C27H20N6O7/c34-25(17-5-1-11-23(13-17)32(37)38)28-19-7-3-9-21(15-19)30-27(36)31-22-10-4-8-20(16-22)29-26(35)18-6-2-12-24(14-18)33(39)40/h1-16H,(H,28,34)(H,29,35)(H2,30,31,36). The number of urea groups is 1. The van der Waals surface area contributed by atoms with Crippen molar-refractivity contribution in [1.29, 1.82) is 0 Å². The second kappa shape index (κ2) is 12.0. The van der Waals surface area contributed by atoms with Gasteiger partial charge in [0.15, 0.2) is 0 Å². The molecule has 4 amide bonds. The van der Waals surface area contributed by atoms with Gasteiger partial charge in [0.05, 0.1) is 9.85 Å². The quantitative estimate of drug-likeness (QED) is 0.164. The molecule has 0 aliphatic heterocycles. The number of carbonyl (C=O) groups is 3. The van der Waals surface area contributed by atoms with Gasteiger partial charge >= 0.3 is 6.03 Å². The highest BCUT2D eigenvalue weighted by atomic mass is 16.6. The Hall–Kier alpha value is -6.11. The molecule has 0 fully saturated rings. The number of nitrogens with zero attached hydrogens (tertiary/aromatic N) is 2. The Kier molecular flexibility index (Phi) is 8.05. The highest BCUT2D eigenvalue weighted by Crippen LogP contribution is 2.21. The number of anilines is 4. The van der Waals surface area contributed by atoms with Gasteiger partial charge in [-0.05, 0) is 48.5 Å². The summed E-state index contributed by atoms with van der Waals surface area (Å²) in [5, 5.41) is 32.4. The van der Waals surface area contributed by atoms with E-state index in [-0.39, 0.29) is 22.5 Å². The van der Waals surface area contributed by atoms with E-state index in [2.05, 4.69) is 21.3 Å². The first-order valence-electron chi connectivity index (χ1n) is 11.6. The van der Waals surface area contributed by atoms with Crippen molar-refractivity contribution in [3.63, 3.8) is 0 Å². The number of hydrogen-bond acceptors (Lipinski definition) is 7. The van der Waals surface area contributed by atoms with Crippen LogP contribution in [0.5, 0.6) is 0 Å². The zero-order chi connectivity index (χ0) is 28.6. The van der Waals surface area contributed by atoms with Crippen molar-refractivity contribution in [3.05, 3.63) is 128 Å². The Bertz CT molecular complexity index is 1520. The van der Waals surface area contributed by atoms with Gasteiger partial charge in [-0.2, -0.15) is 0 Å². The van der Waals surface area contributed by atoms with E-state index in [4.69, 9.17) is 0 Å². The second-order valence-corrected chi connectivity index (χ2v) is 8.26. The third kappa shape index (κ3) is 7.01. The summed E-state index contributed by atoms with van der Waals surface area (Å²) in [6, 6.07) is 22.5. The van der Waals surface area contributed by atoms with Gasteiger partial charge in [-0.3, -0.25) is 29.8 Å². The predicted molar refractivity (Wildman–Crippen MR) is 148 cm³/mol. The Morgan fingerprint density at radius 3 is 1.23 bits per heavy atom. The Morgan fingerprint density at radius 1 is 0.500 bits per heavy atom. The molecule has 0 radical (unpaired) electrons. The van der Waals surface area contributed by atoms with Crippen LogP contribution in [-0.2, 0) is 0 Å². The van der Waals surface area contributed by atoms with Crippen LogP contribution in [0.2, 0.25) is 0 Å². The van der Waals surface area contributed by atoms with Crippen molar-refractivity contribution in [1.82, 2.24) is 0 Å². The molecule has 0 spiro atoms. The van der Waals surface area contributed by atoms with Crippen LogP contribution in [-0.4, -0.2) is 27.7 Å². The van der Waals surface area contributed by atoms with Crippen molar-refractivity contribution in [2.75, 3.05) is 21.3 Å². The molecule has 4 rings (SSSR count). The minimum Gasteiger partial charge on any atom is -0.322 e. The summed E-state index contributed by atoms with van der Waals surface area (Å²) in [7, 11) is 0. The van der Waals surface area contributed by atoms with E-state index in [0.29, 0.717) is 22.7 Å². The number of amides is 4. The van der Waals surface area contributed by atoms with E-state index < -0.39 is 27.7 Å². The first-order chi connectivity index (χ1) is 19.2. The Labute approximate surface area is 226 Å². The lowest BCUT2D eigenvalue weighted by Gasteiger charge is -2.11. The summed E-state index contributed by atoms with van der Waals surface area (Å²) in [4.78, 5) is 58.3. The molecule has 40 heavy (non-hydrogen) atoms. The summed E-state index contributed by atoms with van der Waals surface area (Å²) in [5.74, 6) is -1.12. The summed E-state index contributed by atoms with van der Waals surface area (Å²) < 4.78 is 0. The lowest BCUT2D eigenvalue weighted by Crippen LogP contribution is -2.20. The number of benzene rings is 4. The number of hydrogen-bond donors (Lipinski definition) is 4. The van der Waals surface area contributed by atoms with Crippen LogP contribution >= 0.6 is 0 Å². The van der Waals surface area contributed by atoms with Crippen molar-refractivity contribution >= 4 is 52.0 Å². The fourth-order valence-corrected chi connectivity index (χ4v) is 3.57. The Balaban J connectivity index is 1.37. The number of nitro benzene ring substituents is 2. The molecule has 0 unspecified atom stereocenters. The maximum absolute atomic E-state index is 12.6. The van der Waals surface area contributed by atoms with Crippen molar-refractivity contribution in [2.24, 2.45) is 0 Å². The van der Waals surface area contributed by atoms with Crippen LogP contribution < -0.4 is 21.3 Å². The van der Waals surface area contributed by atoms with Crippen LogP contribution in [0, 0.1) is 20.2 Å². The van der Waals surface area contributed by atoms with Crippen LogP contribution in [0.25, 0.3) is 0 Å². The molecule has 13 nitrogen and oxygen atoms in total. The van der Waals surface area contributed by atoms with Crippen LogP contribution in [0.1, 0.15) is 20.7 Å². The zero-order valence-corrected chi connectivity index (χ0v) is 20.5. The number of carbonyl (C=O) groups excluding carboxylic acids is 3. The smallest absolute Gasteiger partial charge is 0.322 e. The van der Waals surface area contributed by atoms with Crippen molar-refractivity contribution in [3.8, 4) is 0 Å². The molecule has 0 saturated carbocycles. The lowest BCUT2D eigenvalue weighted by atomic mass is 10.2. The number of rotatable bonds is 8. The maximum atomic E-state index is 12.6. The minimum absolute atomic E-state index is 0.0998. The van der Waals surface area contributed by atoms with Gasteiger partial charge in [-0.15, -0.1) is 0 Å². The largest absolute Gasteiger partial charge is 0.323 e.